The van der Waals surface area contributed by atoms with E-state index in [4.69, 9.17) is 10.5 Å². The molecule has 30 heavy (non-hydrogen) atoms. The Balaban J connectivity index is 1.73. The molecule has 2 aromatic rings. The summed E-state index contributed by atoms with van der Waals surface area (Å²) in [5, 5.41) is 5.81. The molecule has 3 heterocycles. The second kappa shape index (κ2) is 8.89. The molecule has 3 rings (SSSR count). The van der Waals surface area contributed by atoms with Gasteiger partial charge in [0, 0.05) is 31.5 Å². The van der Waals surface area contributed by atoms with E-state index in [1.807, 2.05) is 20.8 Å². The van der Waals surface area contributed by atoms with Crippen LogP contribution in [0.4, 0.5) is 22.4 Å². The topological polar surface area (TPSA) is 148 Å². The highest BCUT2D eigenvalue weighted by Crippen LogP contribution is 2.22. The van der Waals surface area contributed by atoms with Crippen LogP contribution in [-0.2, 0) is 4.74 Å². The Morgan fingerprint density at radius 1 is 1.20 bits per heavy atom. The highest BCUT2D eigenvalue weighted by Gasteiger charge is 2.29. The third-order valence-electron chi connectivity index (χ3n) is 4.31. The Morgan fingerprint density at radius 3 is 2.63 bits per heavy atom. The lowest BCUT2D eigenvalue weighted by molar-refractivity contribution is 0.0206. The highest BCUT2D eigenvalue weighted by molar-refractivity contribution is 6.09. The molecule has 2 amide bonds. The van der Waals surface area contributed by atoms with Crippen LogP contribution in [0.15, 0.2) is 24.8 Å². The number of nitrogen functional groups attached to an aromatic ring is 1. The summed E-state index contributed by atoms with van der Waals surface area (Å²) in [5.74, 6) is -0.0696. The molecule has 0 saturated carbocycles. The van der Waals surface area contributed by atoms with E-state index in [2.05, 4.69) is 30.6 Å². The van der Waals surface area contributed by atoms with Gasteiger partial charge in [-0.3, -0.25) is 10.1 Å². The number of nitrogens with zero attached hydrogens (tertiary/aromatic N) is 5. The molecule has 0 bridgehead atoms. The van der Waals surface area contributed by atoms with E-state index in [9.17, 15) is 9.59 Å². The summed E-state index contributed by atoms with van der Waals surface area (Å²) < 4.78 is 5.46. The van der Waals surface area contributed by atoms with Crippen LogP contribution in [0, 0.1) is 0 Å². The lowest BCUT2D eigenvalue weighted by Crippen LogP contribution is -2.47. The number of rotatable bonds is 4. The minimum absolute atomic E-state index is 0.0285. The maximum absolute atomic E-state index is 12.8. The van der Waals surface area contributed by atoms with Gasteiger partial charge in [-0.05, 0) is 39.7 Å². The van der Waals surface area contributed by atoms with Crippen molar-refractivity contribution in [3.05, 3.63) is 30.4 Å². The summed E-state index contributed by atoms with van der Waals surface area (Å²) >= 11 is 0. The molecule has 11 nitrogen and oxygen atoms in total. The van der Waals surface area contributed by atoms with Crippen molar-refractivity contribution >= 4 is 29.6 Å². The van der Waals surface area contributed by atoms with Gasteiger partial charge in [-0.15, -0.1) is 0 Å². The molecule has 0 radical (unpaired) electrons. The number of anilines is 3. The van der Waals surface area contributed by atoms with Crippen molar-refractivity contribution in [3.8, 4) is 0 Å². The van der Waals surface area contributed by atoms with Crippen molar-refractivity contribution in [1.82, 2.24) is 24.8 Å². The van der Waals surface area contributed by atoms with Crippen molar-refractivity contribution in [2.75, 3.05) is 29.5 Å². The summed E-state index contributed by atoms with van der Waals surface area (Å²) in [6.07, 6.45) is 5.53. The normalized spacial score (nSPS) is 16.6. The zero-order chi connectivity index (χ0) is 21.7. The van der Waals surface area contributed by atoms with E-state index < -0.39 is 11.5 Å². The zero-order valence-corrected chi connectivity index (χ0v) is 17.3. The molecule has 0 aromatic carbocycles. The van der Waals surface area contributed by atoms with Gasteiger partial charge in [-0.25, -0.2) is 24.7 Å². The number of carbonyl (C=O) groups excluding carboxylic acids is 2. The molecule has 0 unspecified atom stereocenters. The fourth-order valence-corrected chi connectivity index (χ4v) is 3.04. The fraction of sp³-hybridized carbons (Fsp3) is 0.474. The van der Waals surface area contributed by atoms with Crippen LogP contribution in [0.2, 0.25) is 0 Å². The molecule has 160 valence electrons. The van der Waals surface area contributed by atoms with Gasteiger partial charge >= 0.3 is 6.09 Å². The van der Waals surface area contributed by atoms with Crippen LogP contribution in [0.3, 0.4) is 0 Å². The van der Waals surface area contributed by atoms with E-state index in [0.717, 1.165) is 12.8 Å². The molecule has 0 aliphatic carbocycles. The van der Waals surface area contributed by atoms with Gasteiger partial charge in [0.05, 0.1) is 0 Å². The van der Waals surface area contributed by atoms with Crippen LogP contribution in [0.1, 0.15) is 44.0 Å². The van der Waals surface area contributed by atoms with Crippen molar-refractivity contribution in [1.29, 1.82) is 0 Å². The molecule has 1 aliphatic rings. The first-order valence-corrected chi connectivity index (χ1v) is 9.66. The van der Waals surface area contributed by atoms with Crippen molar-refractivity contribution in [2.45, 2.75) is 45.3 Å². The fourth-order valence-electron chi connectivity index (χ4n) is 3.04. The Morgan fingerprint density at radius 2 is 1.93 bits per heavy atom. The number of likely N-dealkylation sites (tertiary alicyclic amines) is 1. The van der Waals surface area contributed by atoms with Crippen LogP contribution in [0.25, 0.3) is 0 Å². The number of nitrogens with two attached hydrogens (primary N) is 1. The average molecular weight is 414 g/mol. The maximum Gasteiger partial charge on any atom is 0.410 e. The number of nitrogens with one attached hydrogen (secondary N) is 2. The van der Waals surface area contributed by atoms with E-state index in [0.29, 0.717) is 13.1 Å². The number of carbonyl (C=O) groups is 2. The van der Waals surface area contributed by atoms with E-state index in [-0.39, 0.29) is 35.3 Å². The summed E-state index contributed by atoms with van der Waals surface area (Å²) in [6, 6.07) is 1.52. The smallest absolute Gasteiger partial charge is 0.410 e. The Hall–Kier alpha value is -3.50. The third-order valence-corrected chi connectivity index (χ3v) is 4.31. The second-order valence-electron chi connectivity index (χ2n) is 7.92. The average Bonchev–Trinajstić information content (AvgIpc) is 2.67. The standard InChI is InChI=1S/C19H26N8O3/c1-19(2,3)30-18(29)27-9-4-6-12(10-27)25-15-13(14(20)23-11-24-15)16(28)26-17-21-7-5-8-22-17/h5,7-8,11-12H,4,6,9-10H2,1-3H3,(H3,20,23,24,25)(H,21,22,26,28)/t12-/m1/s1. The molecule has 0 spiro atoms. The summed E-state index contributed by atoms with van der Waals surface area (Å²) in [4.78, 5) is 42.9. The van der Waals surface area contributed by atoms with Crippen LogP contribution in [-0.4, -0.2) is 61.6 Å². The van der Waals surface area contributed by atoms with E-state index in [1.165, 1.54) is 18.7 Å². The number of hydrogen-bond donors (Lipinski definition) is 3. The van der Waals surface area contributed by atoms with E-state index >= 15 is 0 Å². The SMILES string of the molecule is CC(C)(C)OC(=O)N1CCC[C@@H](Nc2ncnc(N)c2C(=O)Nc2ncccn2)C1. The highest BCUT2D eigenvalue weighted by atomic mass is 16.6. The molecule has 1 atom stereocenters. The molecular formula is C19H26N8O3. The minimum atomic E-state index is -0.566. The molecule has 4 N–H and O–H groups in total. The van der Waals surface area contributed by atoms with Gasteiger partial charge in [0.25, 0.3) is 5.91 Å². The quantitative estimate of drug-likeness (QED) is 0.682. The number of hydrogen-bond acceptors (Lipinski definition) is 9. The number of ether oxygens (including phenoxy) is 1. The lowest BCUT2D eigenvalue weighted by atomic mass is 10.1. The molecule has 1 fully saturated rings. The summed E-state index contributed by atoms with van der Waals surface area (Å²) in [7, 11) is 0. The first kappa shape index (κ1) is 21.2. The van der Waals surface area contributed by atoms with Gasteiger partial charge in [0.2, 0.25) is 5.95 Å². The van der Waals surface area contributed by atoms with E-state index in [1.54, 1.807) is 11.0 Å². The third kappa shape index (κ3) is 5.52. The van der Waals surface area contributed by atoms with Crippen LogP contribution < -0.4 is 16.4 Å². The van der Waals surface area contributed by atoms with Gasteiger partial charge in [0.15, 0.2) is 0 Å². The predicted molar refractivity (Wildman–Crippen MR) is 111 cm³/mol. The Labute approximate surface area is 174 Å². The first-order valence-electron chi connectivity index (χ1n) is 9.66. The molecule has 1 saturated heterocycles. The van der Waals surface area contributed by atoms with Crippen LogP contribution >= 0.6 is 0 Å². The number of aromatic nitrogens is 4. The lowest BCUT2D eigenvalue weighted by Gasteiger charge is -2.34. The number of amides is 2. The molecule has 11 heteroatoms. The van der Waals surface area contributed by atoms with Crippen LogP contribution in [0.5, 0.6) is 0 Å². The monoisotopic (exact) mass is 414 g/mol. The van der Waals surface area contributed by atoms with Crippen molar-refractivity contribution in [2.24, 2.45) is 0 Å². The van der Waals surface area contributed by atoms with Gasteiger partial charge < -0.3 is 20.7 Å². The largest absolute Gasteiger partial charge is 0.444 e. The zero-order valence-electron chi connectivity index (χ0n) is 17.3. The van der Waals surface area contributed by atoms with Gasteiger partial charge in [-0.2, -0.15) is 0 Å². The first-order chi connectivity index (χ1) is 14.2. The Bertz CT molecular complexity index is 900. The van der Waals surface area contributed by atoms with Crippen molar-refractivity contribution < 1.29 is 14.3 Å². The van der Waals surface area contributed by atoms with Gasteiger partial charge in [-0.1, -0.05) is 0 Å². The van der Waals surface area contributed by atoms with Gasteiger partial charge in [0.1, 0.15) is 29.1 Å². The number of piperidine rings is 1. The summed E-state index contributed by atoms with van der Waals surface area (Å²) in [5.41, 5.74) is 5.48. The van der Waals surface area contributed by atoms with Crippen molar-refractivity contribution in [3.63, 3.8) is 0 Å². The predicted octanol–water partition coefficient (Wildman–Crippen LogP) is 1.91. The molecule has 1 aliphatic heterocycles. The molecular weight excluding hydrogens is 388 g/mol. The second-order valence-corrected chi connectivity index (χ2v) is 7.92. The summed E-state index contributed by atoms with van der Waals surface area (Å²) in [6.45, 7) is 6.51. The maximum atomic E-state index is 12.8. The Kier molecular flexibility index (Phi) is 6.28. The minimum Gasteiger partial charge on any atom is -0.444 e. The molecule has 2 aromatic heterocycles.